The standard InChI is InChI=1S/C22H30N6O2/c29-20-12-14(13-28(20)21-15-6-1-2-7-16(15)26-27-21)22(30)23-11-5-10-19-24-17-8-3-4-9-18(17)25-19/h3-4,8-9,14-16,21,26-27H,1-2,5-7,10-13H2,(H,23,30)(H,24,25). The van der Waals surface area contributed by atoms with Gasteiger partial charge in [0, 0.05) is 37.9 Å². The van der Waals surface area contributed by atoms with E-state index in [1.54, 1.807) is 0 Å². The van der Waals surface area contributed by atoms with Crippen molar-refractivity contribution in [2.75, 3.05) is 13.1 Å². The molecule has 2 aromatic rings. The average Bonchev–Trinajstić information content (AvgIpc) is 3.46. The van der Waals surface area contributed by atoms with Crippen LogP contribution in [0.1, 0.15) is 44.3 Å². The number of aromatic nitrogens is 2. The Morgan fingerprint density at radius 1 is 1.20 bits per heavy atom. The highest BCUT2D eigenvalue weighted by molar-refractivity contribution is 5.89. The van der Waals surface area contributed by atoms with Gasteiger partial charge in [-0.1, -0.05) is 25.0 Å². The summed E-state index contributed by atoms with van der Waals surface area (Å²) >= 11 is 0. The summed E-state index contributed by atoms with van der Waals surface area (Å²) in [6, 6.07) is 8.42. The van der Waals surface area contributed by atoms with Crippen molar-refractivity contribution in [3.05, 3.63) is 30.1 Å². The van der Waals surface area contributed by atoms with Crippen molar-refractivity contribution >= 4 is 22.8 Å². The van der Waals surface area contributed by atoms with Crippen LogP contribution >= 0.6 is 0 Å². The quantitative estimate of drug-likeness (QED) is 0.540. The predicted octanol–water partition coefficient (Wildman–Crippen LogP) is 1.45. The van der Waals surface area contributed by atoms with Gasteiger partial charge in [0.15, 0.2) is 0 Å². The number of carbonyl (C=O) groups is 2. The summed E-state index contributed by atoms with van der Waals surface area (Å²) in [4.78, 5) is 35.0. The van der Waals surface area contributed by atoms with Crippen LogP contribution < -0.4 is 16.2 Å². The molecule has 3 heterocycles. The highest BCUT2D eigenvalue weighted by Gasteiger charge is 2.46. The molecule has 2 saturated heterocycles. The molecule has 2 aliphatic heterocycles. The lowest BCUT2D eigenvalue weighted by Crippen LogP contribution is -2.48. The molecule has 2 amide bonds. The minimum absolute atomic E-state index is 0.0124. The van der Waals surface area contributed by atoms with Gasteiger partial charge in [-0.25, -0.2) is 10.4 Å². The number of imidazole rings is 1. The maximum Gasteiger partial charge on any atom is 0.225 e. The third-order valence-corrected chi connectivity index (χ3v) is 6.83. The minimum atomic E-state index is -0.256. The first kappa shape index (κ1) is 19.5. The van der Waals surface area contributed by atoms with Gasteiger partial charge in [-0.05, 0) is 31.4 Å². The van der Waals surface area contributed by atoms with E-state index in [0.717, 1.165) is 42.5 Å². The number of aryl methyl sites for hydroxylation is 1. The fourth-order valence-electron chi connectivity index (χ4n) is 5.24. The number of fused-ring (bicyclic) bond motifs is 2. The Balaban J connectivity index is 1.09. The number of hydrogen-bond acceptors (Lipinski definition) is 5. The summed E-state index contributed by atoms with van der Waals surface area (Å²) in [5.41, 5.74) is 8.70. The summed E-state index contributed by atoms with van der Waals surface area (Å²) in [6.07, 6.45) is 6.69. The fourth-order valence-corrected chi connectivity index (χ4v) is 5.24. The lowest BCUT2D eigenvalue weighted by molar-refractivity contribution is -0.131. The molecule has 4 unspecified atom stereocenters. The Labute approximate surface area is 176 Å². The van der Waals surface area contributed by atoms with Crippen LogP contribution in [-0.2, 0) is 16.0 Å². The van der Waals surface area contributed by atoms with Gasteiger partial charge < -0.3 is 15.2 Å². The number of hydrazine groups is 1. The molecule has 0 spiro atoms. The van der Waals surface area contributed by atoms with E-state index >= 15 is 0 Å². The van der Waals surface area contributed by atoms with Crippen molar-refractivity contribution < 1.29 is 9.59 Å². The lowest BCUT2D eigenvalue weighted by atomic mass is 9.84. The van der Waals surface area contributed by atoms with E-state index in [0.29, 0.717) is 31.5 Å². The zero-order chi connectivity index (χ0) is 20.5. The Bertz CT molecular complexity index is 894. The van der Waals surface area contributed by atoms with Gasteiger partial charge in [-0.3, -0.25) is 15.0 Å². The summed E-state index contributed by atoms with van der Waals surface area (Å²) in [5.74, 6) is 1.21. The number of carbonyl (C=O) groups excluding carboxylic acids is 2. The van der Waals surface area contributed by atoms with E-state index < -0.39 is 0 Å². The van der Waals surface area contributed by atoms with Crippen LogP contribution in [0.25, 0.3) is 11.0 Å². The van der Waals surface area contributed by atoms with E-state index in [4.69, 9.17) is 0 Å². The lowest BCUT2D eigenvalue weighted by Gasteiger charge is -2.32. The first-order valence-corrected chi connectivity index (χ1v) is 11.2. The summed E-state index contributed by atoms with van der Waals surface area (Å²) in [5, 5.41) is 3.02. The van der Waals surface area contributed by atoms with E-state index in [9.17, 15) is 9.59 Å². The van der Waals surface area contributed by atoms with Gasteiger partial charge in [-0.2, -0.15) is 0 Å². The van der Waals surface area contributed by atoms with Gasteiger partial charge in [0.25, 0.3) is 0 Å². The molecule has 1 aliphatic carbocycles. The number of benzene rings is 1. The SMILES string of the molecule is O=C(NCCCc1nc2ccccc2[nH]1)C1CC(=O)N(C2NNC3CCCCC32)C1. The Hall–Kier alpha value is -2.45. The normalized spacial score (nSPS) is 28.8. The second kappa shape index (κ2) is 8.35. The average molecular weight is 411 g/mol. The molecule has 0 bridgehead atoms. The number of rotatable bonds is 6. The number of para-hydroxylation sites is 2. The maximum absolute atomic E-state index is 12.6. The van der Waals surface area contributed by atoms with Crippen molar-refractivity contribution in [2.45, 2.75) is 57.2 Å². The summed E-state index contributed by atoms with van der Waals surface area (Å²) in [6.45, 7) is 1.10. The van der Waals surface area contributed by atoms with Crippen molar-refractivity contribution in [2.24, 2.45) is 11.8 Å². The van der Waals surface area contributed by atoms with Crippen LogP contribution in [0, 0.1) is 11.8 Å². The molecular weight excluding hydrogens is 380 g/mol. The molecule has 4 N–H and O–H groups in total. The molecular formula is C22H30N6O2. The van der Waals surface area contributed by atoms with Crippen LogP contribution in [-0.4, -0.2) is 52.0 Å². The smallest absolute Gasteiger partial charge is 0.225 e. The summed E-state index contributed by atoms with van der Waals surface area (Å²) in [7, 11) is 0. The first-order chi connectivity index (χ1) is 14.7. The van der Waals surface area contributed by atoms with Crippen LogP contribution in [0.4, 0.5) is 0 Å². The van der Waals surface area contributed by atoms with Crippen molar-refractivity contribution in [1.82, 2.24) is 31.0 Å². The molecule has 8 heteroatoms. The zero-order valence-electron chi connectivity index (χ0n) is 17.2. The zero-order valence-corrected chi connectivity index (χ0v) is 17.2. The predicted molar refractivity (Wildman–Crippen MR) is 113 cm³/mol. The number of aromatic amines is 1. The highest BCUT2D eigenvalue weighted by Crippen LogP contribution is 2.34. The number of nitrogens with one attached hydrogen (secondary N) is 4. The van der Waals surface area contributed by atoms with E-state index in [1.165, 1.54) is 12.8 Å². The molecule has 0 radical (unpaired) electrons. The van der Waals surface area contributed by atoms with E-state index in [-0.39, 0.29) is 23.9 Å². The third-order valence-electron chi connectivity index (χ3n) is 6.83. The number of hydrogen-bond donors (Lipinski definition) is 4. The largest absolute Gasteiger partial charge is 0.356 e. The maximum atomic E-state index is 12.6. The fraction of sp³-hybridized carbons (Fsp3) is 0.591. The van der Waals surface area contributed by atoms with Gasteiger partial charge in [0.05, 0.1) is 23.1 Å². The number of likely N-dealkylation sites (tertiary alicyclic amines) is 1. The molecule has 8 nitrogen and oxygen atoms in total. The molecule has 1 aromatic heterocycles. The molecule has 5 rings (SSSR count). The van der Waals surface area contributed by atoms with Crippen molar-refractivity contribution in [1.29, 1.82) is 0 Å². The topological polar surface area (TPSA) is 102 Å². The van der Waals surface area contributed by atoms with Crippen LogP contribution in [0.15, 0.2) is 24.3 Å². The molecule has 1 aromatic carbocycles. The Morgan fingerprint density at radius 3 is 2.97 bits per heavy atom. The molecule has 30 heavy (non-hydrogen) atoms. The van der Waals surface area contributed by atoms with E-state index in [1.807, 2.05) is 29.2 Å². The molecule has 1 saturated carbocycles. The monoisotopic (exact) mass is 410 g/mol. The highest BCUT2D eigenvalue weighted by atomic mass is 16.2. The van der Waals surface area contributed by atoms with Crippen LogP contribution in [0.5, 0.6) is 0 Å². The van der Waals surface area contributed by atoms with Gasteiger partial charge >= 0.3 is 0 Å². The van der Waals surface area contributed by atoms with Crippen molar-refractivity contribution in [3.63, 3.8) is 0 Å². The second-order valence-electron chi connectivity index (χ2n) is 8.83. The van der Waals surface area contributed by atoms with Gasteiger partial charge in [-0.15, -0.1) is 0 Å². The number of H-pyrrole nitrogens is 1. The minimum Gasteiger partial charge on any atom is -0.356 e. The second-order valence-corrected chi connectivity index (χ2v) is 8.83. The Kier molecular flexibility index (Phi) is 5.43. The summed E-state index contributed by atoms with van der Waals surface area (Å²) < 4.78 is 0. The van der Waals surface area contributed by atoms with Crippen molar-refractivity contribution in [3.8, 4) is 0 Å². The first-order valence-electron chi connectivity index (χ1n) is 11.2. The molecule has 4 atom stereocenters. The third kappa shape index (κ3) is 3.81. The van der Waals surface area contributed by atoms with Gasteiger partial charge in [0.1, 0.15) is 5.82 Å². The Morgan fingerprint density at radius 2 is 2.07 bits per heavy atom. The molecule has 160 valence electrons. The van der Waals surface area contributed by atoms with Crippen LogP contribution in [0.2, 0.25) is 0 Å². The molecule has 3 aliphatic rings. The molecule has 3 fully saturated rings. The van der Waals surface area contributed by atoms with Crippen LogP contribution in [0.3, 0.4) is 0 Å². The van der Waals surface area contributed by atoms with Gasteiger partial charge in [0.2, 0.25) is 11.8 Å². The number of amides is 2. The number of nitrogens with zero attached hydrogens (tertiary/aromatic N) is 2. The van der Waals surface area contributed by atoms with E-state index in [2.05, 4.69) is 26.1 Å².